The Labute approximate surface area is 282 Å². The van der Waals surface area contributed by atoms with E-state index in [2.05, 4.69) is 47.4 Å². The zero-order valence-electron chi connectivity index (χ0n) is 26.6. The van der Waals surface area contributed by atoms with Crippen LogP contribution >= 0.6 is 23.2 Å². The molecule has 4 heterocycles. The van der Waals surface area contributed by atoms with Crippen LogP contribution in [0, 0.1) is 13.8 Å². The monoisotopic (exact) mass is 681 g/mol. The topological polar surface area (TPSA) is 92.1 Å². The summed E-state index contributed by atoms with van der Waals surface area (Å²) in [4.78, 5) is 18.1. The van der Waals surface area contributed by atoms with Crippen LogP contribution in [0.4, 0.5) is 0 Å². The molecule has 3 aliphatic heterocycles. The third kappa shape index (κ3) is 8.28. The van der Waals surface area contributed by atoms with Crippen molar-refractivity contribution in [3.63, 3.8) is 0 Å². The number of hydrogen-bond donors (Lipinski definition) is 0. The zero-order valence-corrected chi connectivity index (χ0v) is 28.9. The van der Waals surface area contributed by atoms with Crippen LogP contribution in [-0.4, -0.2) is 65.2 Å². The second kappa shape index (κ2) is 14.0. The smallest absolute Gasteiger partial charge is 0.228 e. The molecule has 7 nitrogen and oxygen atoms in total. The summed E-state index contributed by atoms with van der Waals surface area (Å²) in [6.07, 6.45) is 9.04. The van der Waals surface area contributed by atoms with Crippen LogP contribution in [0.5, 0.6) is 0 Å². The largest absolute Gasteiger partial charge is 0.748 e. The van der Waals surface area contributed by atoms with E-state index in [1.807, 2.05) is 48.9 Å². The van der Waals surface area contributed by atoms with Crippen LogP contribution < -0.4 is 0 Å². The van der Waals surface area contributed by atoms with E-state index in [1.54, 1.807) is 6.20 Å². The summed E-state index contributed by atoms with van der Waals surface area (Å²) in [6, 6.07) is 23.1. The number of carbonyl (C=O) groups excluding carboxylic acids is 1. The van der Waals surface area contributed by atoms with Crippen LogP contribution in [0.15, 0.2) is 79.1 Å². The molecule has 46 heavy (non-hydrogen) atoms. The lowest BCUT2D eigenvalue weighted by molar-refractivity contribution is -0.943. The average Bonchev–Trinajstić information content (AvgIpc) is 3.48. The van der Waals surface area contributed by atoms with Crippen molar-refractivity contribution in [1.82, 2.24) is 9.55 Å². The van der Waals surface area contributed by atoms with Crippen molar-refractivity contribution < 1.29 is 22.2 Å². The number of carbonyl (C=O) groups is 1. The molecule has 1 aromatic heterocycles. The number of nitrogens with zero attached hydrogens (tertiary/aromatic N) is 3. The quantitative estimate of drug-likeness (QED) is 0.105. The predicted molar refractivity (Wildman–Crippen MR) is 183 cm³/mol. The van der Waals surface area contributed by atoms with Crippen LogP contribution in [0.25, 0.3) is 0 Å². The van der Waals surface area contributed by atoms with Crippen molar-refractivity contribution in [2.24, 2.45) is 0 Å². The van der Waals surface area contributed by atoms with Crippen molar-refractivity contribution in [2.75, 3.05) is 32.4 Å². The number of aryl methyl sites for hydroxylation is 2. The highest BCUT2D eigenvalue weighted by molar-refractivity contribution is 7.84. The van der Waals surface area contributed by atoms with Gasteiger partial charge in [0.1, 0.15) is 0 Å². The molecule has 0 spiro atoms. The van der Waals surface area contributed by atoms with Gasteiger partial charge in [-0.15, -0.1) is 0 Å². The molecule has 10 heteroatoms. The minimum Gasteiger partial charge on any atom is -0.748 e. The summed E-state index contributed by atoms with van der Waals surface area (Å²) in [5.74, 6) is 0.622. The predicted octanol–water partition coefficient (Wildman–Crippen LogP) is 7.33. The summed E-state index contributed by atoms with van der Waals surface area (Å²) < 4.78 is 30.4. The van der Waals surface area contributed by atoms with Crippen molar-refractivity contribution in [2.45, 2.75) is 57.4 Å². The summed E-state index contributed by atoms with van der Waals surface area (Å²) >= 11 is 12.8. The highest BCUT2D eigenvalue weighted by Gasteiger charge is 2.49. The SMILES string of the molecule is CS(=O)(=O)[O-].Cc1cc(C)cc(C(=O)c2nccn2CC(CC[N+]23CCC(c4ccccc4)(CC2)CC3)c2ccc(Cl)c(Cl)c2)c1. The Morgan fingerprint density at radius 1 is 0.957 bits per heavy atom. The van der Waals surface area contributed by atoms with Crippen LogP contribution in [0.2, 0.25) is 10.0 Å². The molecule has 0 N–H and O–H groups in total. The molecule has 3 aliphatic rings. The molecule has 0 radical (unpaired) electrons. The first-order chi connectivity index (χ1) is 21.8. The van der Waals surface area contributed by atoms with Gasteiger partial charge in [-0.3, -0.25) is 4.79 Å². The van der Waals surface area contributed by atoms with E-state index in [-0.39, 0.29) is 11.7 Å². The molecule has 0 saturated carbocycles. The molecule has 0 aliphatic carbocycles. The normalized spacial score (nSPS) is 21.3. The van der Waals surface area contributed by atoms with Gasteiger partial charge >= 0.3 is 0 Å². The number of ketones is 1. The molecule has 3 saturated heterocycles. The first-order valence-electron chi connectivity index (χ1n) is 15.7. The van der Waals surface area contributed by atoms with E-state index in [1.165, 1.54) is 48.9 Å². The summed E-state index contributed by atoms with van der Waals surface area (Å²) in [5, 5.41) is 1.13. The van der Waals surface area contributed by atoms with E-state index < -0.39 is 10.1 Å². The van der Waals surface area contributed by atoms with E-state index in [4.69, 9.17) is 36.2 Å². The van der Waals surface area contributed by atoms with Gasteiger partial charge in [-0.25, -0.2) is 13.4 Å². The van der Waals surface area contributed by atoms with E-state index >= 15 is 0 Å². The van der Waals surface area contributed by atoms with E-state index in [9.17, 15) is 4.79 Å². The number of rotatable bonds is 9. The standard InChI is InChI=1S/C35H38Cl2N3O.CH4O3S/c1-25-20-26(2)22-29(21-25)33(41)34-38-14-15-39(34)24-28(27-8-9-31(36)32(37)23-27)10-16-40-17-11-35(12-18-40,13-19-40)30-6-4-3-5-7-30;1-5(2,3)4/h3-9,14-15,20-23,28H,10-13,16-19,24H2,1-2H3;1H3,(H,2,3,4)/q+1;/p-1. The number of quaternary nitrogens is 1. The molecule has 4 aromatic rings. The Balaban J connectivity index is 0.000000775. The lowest BCUT2D eigenvalue weighted by Crippen LogP contribution is -2.63. The number of benzene rings is 3. The third-order valence-corrected chi connectivity index (χ3v) is 10.5. The number of halogens is 2. The Morgan fingerprint density at radius 3 is 2.15 bits per heavy atom. The van der Waals surface area contributed by atoms with Crippen LogP contribution in [0.1, 0.15) is 70.0 Å². The first kappa shape index (κ1) is 34.3. The molecule has 1 unspecified atom stereocenters. The minimum atomic E-state index is -3.92. The van der Waals surface area contributed by atoms with Gasteiger partial charge < -0.3 is 13.6 Å². The lowest BCUT2D eigenvalue weighted by Gasteiger charge is -2.55. The Kier molecular flexibility index (Phi) is 10.4. The van der Waals surface area contributed by atoms with Crippen LogP contribution in [-0.2, 0) is 22.1 Å². The van der Waals surface area contributed by atoms with Crippen molar-refractivity contribution in [3.8, 4) is 0 Å². The second-order valence-electron chi connectivity index (χ2n) is 13.1. The number of fused-ring (bicyclic) bond motifs is 3. The number of aromatic nitrogens is 2. The molecule has 2 bridgehead atoms. The fraction of sp³-hybridized carbons (Fsp3) is 0.389. The first-order valence-corrected chi connectivity index (χ1v) is 18.2. The molecule has 0 amide bonds. The van der Waals surface area contributed by atoms with Gasteiger partial charge in [0, 0.05) is 67.8 Å². The highest BCUT2D eigenvalue weighted by Crippen LogP contribution is 2.46. The number of imidazole rings is 1. The minimum absolute atomic E-state index is 0.0409. The fourth-order valence-corrected chi connectivity index (χ4v) is 7.63. The molecular formula is C36H41Cl2N3O4S. The number of piperidine rings is 3. The Bertz CT molecular complexity index is 1750. The van der Waals surface area contributed by atoms with Gasteiger partial charge in [-0.05, 0) is 49.2 Å². The van der Waals surface area contributed by atoms with Gasteiger partial charge in [0.05, 0.1) is 46.3 Å². The van der Waals surface area contributed by atoms with E-state index in [0.717, 1.165) is 29.7 Å². The van der Waals surface area contributed by atoms with Gasteiger partial charge in [0.15, 0.2) is 5.82 Å². The molecule has 7 rings (SSSR count). The highest BCUT2D eigenvalue weighted by atomic mass is 35.5. The van der Waals surface area contributed by atoms with Gasteiger partial charge in [-0.2, -0.15) is 0 Å². The molecule has 3 aromatic carbocycles. The van der Waals surface area contributed by atoms with Crippen molar-refractivity contribution in [3.05, 3.63) is 123 Å². The maximum atomic E-state index is 13.6. The number of hydrogen-bond acceptors (Lipinski definition) is 5. The third-order valence-electron chi connectivity index (χ3n) is 9.77. The fourth-order valence-electron chi connectivity index (χ4n) is 7.32. The maximum Gasteiger partial charge on any atom is 0.228 e. The summed E-state index contributed by atoms with van der Waals surface area (Å²) in [5.41, 5.74) is 5.87. The van der Waals surface area contributed by atoms with Crippen LogP contribution in [0.3, 0.4) is 0 Å². The Hall–Kier alpha value is -3.01. The Morgan fingerprint density at radius 2 is 1.57 bits per heavy atom. The zero-order chi connectivity index (χ0) is 33.1. The van der Waals surface area contributed by atoms with Gasteiger partial charge in [0.2, 0.25) is 5.78 Å². The van der Waals surface area contributed by atoms with Gasteiger partial charge in [0.25, 0.3) is 0 Å². The summed E-state index contributed by atoms with van der Waals surface area (Å²) in [7, 11) is -3.92. The second-order valence-corrected chi connectivity index (χ2v) is 15.3. The van der Waals surface area contributed by atoms with Crippen molar-refractivity contribution >= 4 is 39.1 Å². The van der Waals surface area contributed by atoms with E-state index in [0.29, 0.717) is 39.6 Å². The molecule has 1 atom stereocenters. The lowest BCUT2D eigenvalue weighted by atomic mass is 9.66. The summed E-state index contributed by atoms with van der Waals surface area (Å²) in [6.45, 7) is 9.51. The molecular weight excluding hydrogens is 641 g/mol. The van der Waals surface area contributed by atoms with Gasteiger partial charge in [-0.1, -0.05) is 76.8 Å². The molecule has 244 valence electrons. The maximum absolute atomic E-state index is 13.6. The average molecular weight is 683 g/mol. The van der Waals surface area contributed by atoms with Crippen molar-refractivity contribution in [1.29, 1.82) is 0 Å². The molecule has 3 fully saturated rings.